The van der Waals surface area contributed by atoms with Gasteiger partial charge < -0.3 is 14.8 Å². The minimum atomic E-state index is -0.116. The molecule has 0 spiro atoms. The third kappa shape index (κ3) is 3.92. The van der Waals surface area contributed by atoms with E-state index >= 15 is 0 Å². The first-order valence-corrected chi connectivity index (χ1v) is 8.27. The molecule has 0 radical (unpaired) electrons. The predicted molar refractivity (Wildman–Crippen MR) is 91.1 cm³/mol. The van der Waals surface area contributed by atoms with Crippen LogP contribution in [0.5, 0.6) is 5.75 Å². The lowest BCUT2D eigenvalue weighted by atomic mass is 9.95. The number of hydrogen-bond acceptors (Lipinski definition) is 4. The maximum Gasteiger partial charge on any atom is 0.255 e. The van der Waals surface area contributed by atoms with Gasteiger partial charge in [-0.3, -0.25) is 9.78 Å². The quantitative estimate of drug-likeness (QED) is 0.886. The number of aromatic nitrogens is 1. The minimum Gasteiger partial charge on any atom is -0.493 e. The summed E-state index contributed by atoms with van der Waals surface area (Å²) < 4.78 is 11.1. The van der Waals surface area contributed by atoms with E-state index in [0.717, 1.165) is 6.42 Å². The van der Waals surface area contributed by atoms with Crippen LogP contribution in [-0.4, -0.2) is 36.8 Å². The minimum absolute atomic E-state index is 0.000322. The molecule has 3 rings (SSSR count). The molecule has 2 heterocycles. The fraction of sp³-hybridized carbons (Fsp3) is 0.368. The summed E-state index contributed by atoms with van der Waals surface area (Å²) in [6.07, 6.45) is 4.44. The number of carbonyl (C=O) groups excluding carboxylic acids is 1. The Bertz CT molecular complexity index is 675. The van der Waals surface area contributed by atoms with Gasteiger partial charge in [-0.1, -0.05) is 12.1 Å². The molecule has 2 atom stereocenters. The van der Waals surface area contributed by atoms with Crippen LogP contribution in [-0.2, 0) is 11.2 Å². The molecule has 5 heteroatoms. The molecule has 5 nitrogen and oxygen atoms in total. The van der Waals surface area contributed by atoms with Gasteiger partial charge >= 0.3 is 0 Å². The Kier molecular flexibility index (Phi) is 5.43. The zero-order valence-corrected chi connectivity index (χ0v) is 13.8. The van der Waals surface area contributed by atoms with E-state index in [9.17, 15) is 4.79 Å². The smallest absolute Gasteiger partial charge is 0.255 e. The Labute approximate surface area is 142 Å². The lowest BCUT2D eigenvalue weighted by Gasteiger charge is -2.20. The number of pyridine rings is 1. The van der Waals surface area contributed by atoms with Crippen molar-refractivity contribution in [2.75, 3.05) is 19.8 Å². The van der Waals surface area contributed by atoms with Crippen molar-refractivity contribution >= 4 is 5.91 Å². The van der Waals surface area contributed by atoms with Gasteiger partial charge in [-0.2, -0.15) is 0 Å². The van der Waals surface area contributed by atoms with Crippen LogP contribution >= 0.6 is 0 Å². The van der Waals surface area contributed by atoms with Gasteiger partial charge in [0.05, 0.1) is 31.4 Å². The van der Waals surface area contributed by atoms with Crippen LogP contribution in [0.4, 0.5) is 0 Å². The van der Waals surface area contributed by atoms with E-state index < -0.39 is 0 Å². The third-order valence-corrected chi connectivity index (χ3v) is 4.19. The number of carbonyl (C=O) groups is 1. The topological polar surface area (TPSA) is 60.5 Å². The normalized spacial score (nSPS) is 19.9. The number of hydrogen-bond donors (Lipinski definition) is 1. The predicted octanol–water partition coefficient (Wildman–Crippen LogP) is 2.47. The van der Waals surface area contributed by atoms with Crippen molar-refractivity contribution in [3.63, 3.8) is 0 Å². The molecule has 1 aliphatic rings. The summed E-state index contributed by atoms with van der Waals surface area (Å²) in [4.78, 5) is 16.7. The average Bonchev–Trinajstić information content (AvgIpc) is 3.03. The van der Waals surface area contributed by atoms with E-state index in [1.54, 1.807) is 18.5 Å². The molecule has 24 heavy (non-hydrogen) atoms. The van der Waals surface area contributed by atoms with E-state index in [1.165, 1.54) is 5.56 Å². The monoisotopic (exact) mass is 326 g/mol. The fourth-order valence-corrected chi connectivity index (χ4v) is 2.96. The second-order valence-corrected chi connectivity index (χ2v) is 5.87. The molecule has 1 aromatic heterocycles. The second-order valence-electron chi connectivity index (χ2n) is 5.87. The van der Waals surface area contributed by atoms with Crippen LogP contribution in [0.2, 0.25) is 0 Å². The van der Waals surface area contributed by atoms with Crippen LogP contribution in [0.25, 0.3) is 0 Å². The summed E-state index contributed by atoms with van der Waals surface area (Å²) in [5.74, 6) is 0.756. The van der Waals surface area contributed by atoms with Crippen molar-refractivity contribution in [3.05, 3.63) is 59.9 Å². The van der Waals surface area contributed by atoms with Gasteiger partial charge in [0, 0.05) is 18.3 Å². The van der Waals surface area contributed by atoms with Gasteiger partial charge in [-0.15, -0.1) is 0 Å². The van der Waals surface area contributed by atoms with Crippen molar-refractivity contribution in [2.24, 2.45) is 5.92 Å². The standard InChI is InChI=1S/C19H22N2O3/c1-2-24-18-6-4-3-5-16(18)19(22)21-17-13-23-12-15(17)11-14-7-9-20-10-8-14/h3-10,15,17H,2,11-13H2,1H3,(H,21,22). The molecule has 0 saturated carbocycles. The molecule has 0 bridgehead atoms. The second kappa shape index (κ2) is 7.93. The summed E-state index contributed by atoms with van der Waals surface area (Å²) in [7, 11) is 0. The molecule has 2 unspecified atom stereocenters. The van der Waals surface area contributed by atoms with E-state index in [1.807, 2.05) is 37.3 Å². The van der Waals surface area contributed by atoms with Crippen molar-refractivity contribution in [1.82, 2.24) is 10.3 Å². The van der Waals surface area contributed by atoms with Crippen molar-refractivity contribution in [2.45, 2.75) is 19.4 Å². The molecular formula is C19H22N2O3. The Morgan fingerprint density at radius 2 is 2.04 bits per heavy atom. The molecule has 1 N–H and O–H groups in total. The first-order chi connectivity index (χ1) is 11.8. The van der Waals surface area contributed by atoms with E-state index in [4.69, 9.17) is 9.47 Å². The number of ether oxygens (including phenoxy) is 2. The molecule has 1 fully saturated rings. The zero-order valence-electron chi connectivity index (χ0n) is 13.8. The van der Waals surface area contributed by atoms with Crippen LogP contribution < -0.4 is 10.1 Å². The molecule has 126 valence electrons. The highest BCUT2D eigenvalue weighted by molar-refractivity contribution is 5.97. The summed E-state index contributed by atoms with van der Waals surface area (Å²) in [6.45, 7) is 3.63. The number of benzene rings is 1. The zero-order chi connectivity index (χ0) is 16.8. The van der Waals surface area contributed by atoms with Gasteiger partial charge in [0.1, 0.15) is 5.75 Å². The van der Waals surface area contributed by atoms with Crippen molar-refractivity contribution < 1.29 is 14.3 Å². The summed E-state index contributed by atoms with van der Waals surface area (Å²) in [5.41, 5.74) is 1.77. The Morgan fingerprint density at radius 3 is 2.83 bits per heavy atom. The van der Waals surface area contributed by atoms with Gasteiger partial charge in [0.2, 0.25) is 0 Å². The molecule has 1 aliphatic heterocycles. The maximum atomic E-state index is 12.6. The molecule has 1 aromatic carbocycles. The van der Waals surface area contributed by atoms with E-state index in [0.29, 0.717) is 31.1 Å². The van der Waals surface area contributed by atoms with Crippen LogP contribution in [0, 0.1) is 5.92 Å². The molecule has 1 amide bonds. The van der Waals surface area contributed by atoms with Gasteiger partial charge in [0.15, 0.2) is 0 Å². The SMILES string of the molecule is CCOc1ccccc1C(=O)NC1COCC1Cc1ccncc1. The largest absolute Gasteiger partial charge is 0.493 e. The molecule has 0 aliphatic carbocycles. The van der Waals surface area contributed by atoms with Crippen LogP contribution in [0.3, 0.4) is 0 Å². The highest BCUT2D eigenvalue weighted by atomic mass is 16.5. The number of amides is 1. The molecule has 1 saturated heterocycles. The molecular weight excluding hydrogens is 304 g/mol. The Morgan fingerprint density at radius 1 is 1.25 bits per heavy atom. The number of nitrogens with one attached hydrogen (secondary N) is 1. The first kappa shape index (κ1) is 16.5. The lowest BCUT2D eigenvalue weighted by molar-refractivity contribution is 0.0921. The highest BCUT2D eigenvalue weighted by Crippen LogP contribution is 2.22. The first-order valence-electron chi connectivity index (χ1n) is 8.27. The van der Waals surface area contributed by atoms with E-state index in [2.05, 4.69) is 10.3 Å². The van der Waals surface area contributed by atoms with Crippen molar-refractivity contribution in [1.29, 1.82) is 0 Å². The summed E-state index contributed by atoms with van der Waals surface area (Å²) in [5, 5.41) is 3.10. The van der Waals surface area contributed by atoms with Gasteiger partial charge in [-0.25, -0.2) is 0 Å². The highest BCUT2D eigenvalue weighted by Gasteiger charge is 2.30. The summed E-state index contributed by atoms with van der Waals surface area (Å²) >= 11 is 0. The third-order valence-electron chi connectivity index (χ3n) is 4.19. The number of para-hydroxylation sites is 1. The Balaban J connectivity index is 1.67. The number of nitrogens with zero attached hydrogens (tertiary/aromatic N) is 1. The van der Waals surface area contributed by atoms with Crippen LogP contribution in [0.1, 0.15) is 22.8 Å². The average molecular weight is 326 g/mol. The fourth-order valence-electron chi connectivity index (χ4n) is 2.96. The molecule has 2 aromatic rings. The van der Waals surface area contributed by atoms with Crippen LogP contribution in [0.15, 0.2) is 48.8 Å². The number of rotatable bonds is 6. The van der Waals surface area contributed by atoms with Crippen molar-refractivity contribution in [3.8, 4) is 5.75 Å². The maximum absolute atomic E-state index is 12.6. The van der Waals surface area contributed by atoms with Gasteiger partial charge in [0.25, 0.3) is 5.91 Å². The van der Waals surface area contributed by atoms with Gasteiger partial charge in [-0.05, 0) is 43.2 Å². The van der Waals surface area contributed by atoms with E-state index in [-0.39, 0.29) is 17.9 Å². The lowest BCUT2D eigenvalue weighted by Crippen LogP contribution is -2.40. The summed E-state index contributed by atoms with van der Waals surface area (Å²) in [6, 6.07) is 11.3. The Hall–Kier alpha value is -2.40.